The smallest absolute Gasteiger partial charge is 0.0595 e. The normalized spacial score (nSPS) is 22.9. The Morgan fingerprint density at radius 2 is 2.18 bits per heavy atom. The molecule has 0 amide bonds. The number of hydrogen-bond donors (Lipinski definition) is 1. The van der Waals surface area contributed by atoms with Gasteiger partial charge in [0.05, 0.1) is 10.0 Å². The fraction of sp³-hybridized carbons (Fsp3) is 0.538. The molecule has 2 N–H and O–H groups in total. The lowest BCUT2D eigenvalue weighted by Gasteiger charge is -2.18. The molecule has 2 nitrogen and oxygen atoms in total. The number of nitrogens with zero attached hydrogens (tertiary/aromatic N) is 1. The zero-order chi connectivity index (χ0) is 12.4. The minimum atomic E-state index is 0.286. The van der Waals surface area contributed by atoms with Crippen molar-refractivity contribution in [3.63, 3.8) is 0 Å². The van der Waals surface area contributed by atoms with Gasteiger partial charge in [-0.2, -0.15) is 0 Å². The molecule has 0 aromatic heterocycles. The summed E-state index contributed by atoms with van der Waals surface area (Å²) in [4.78, 5) is 2.42. The first kappa shape index (κ1) is 13.2. The van der Waals surface area contributed by atoms with Gasteiger partial charge >= 0.3 is 0 Å². The van der Waals surface area contributed by atoms with Gasteiger partial charge in [0.15, 0.2) is 0 Å². The van der Waals surface area contributed by atoms with Gasteiger partial charge in [-0.05, 0) is 43.5 Å². The van der Waals surface area contributed by atoms with E-state index in [4.69, 9.17) is 28.9 Å². The molecule has 94 valence electrons. The van der Waals surface area contributed by atoms with Gasteiger partial charge in [-0.15, -0.1) is 0 Å². The van der Waals surface area contributed by atoms with Gasteiger partial charge in [0.2, 0.25) is 0 Å². The van der Waals surface area contributed by atoms with Crippen LogP contribution in [-0.4, -0.2) is 24.0 Å². The van der Waals surface area contributed by atoms with Crippen LogP contribution in [0.25, 0.3) is 0 Å². The molecule has 1 saturated heterocycles. The Bertz CT molecular complexity index is 393. The van der Waals surface area contributed by atoms with E-state index in [1.807, 2.05) is 18.2 Å². The molecule has 0 spiro atoms. The van der Waals surface area contributed by atoms with Gasteiger partial charge in [0.1, 0.15) is 0 Å². The van der Waals surface area contributed by atoms with Crippen LogP contribution < -0.4 is 5.73 Å². The van der Waals surface area contributed by atoms with Crippen molar-refractivity contribution in [3.05, 3.63) is 33.8 Å². The topological polar surface area (TPSA) is 29.3 Å². The van der Waals surface area contributed by atoms with Crippen LogP contribution in [0.2, 0.25) is 10.0 Å². The van der Waals surface area contributed by atoms with Crippen molar-refractivity contribution >= 4 is 23.2 Å². The molecule has 1 aromatic rings. The van der Waals surface area contributed by atoms with E-state index in [1.54, 1.807) is 0 Å². The van der Waals surface area contributed by atoms with Crippen LogP contribution in [0.4, 0.5) is 0 Å². The van der Waals surface area contributed by atoms with Gasteiger partial charge in [0.25, 0.3) is 0 Å². The van der Waals surface area contributed by atoms with Gasteiger partial charge < -0.3 is 5.73 Å². The van der Waals surface area contributed by atoms with Crippen molar-refractivity contribution in [2.75, 3.05) is 13.1 Å². The Balaban J connectivity index is 1.96. The first-order valence-corrected chi connectivity index (χ1v) is 6.73. The lowest BCUT2D eigenvalue weighted by atomic mass is 10.0. The number of hydrogen-bond acceptors (Lipinski definition) is 2. The summed E-state index contributed by atoms with van der Waals surface area (Å²) in [6.07, 6.45) is 1.19. The van der Waals surface area contributed by atoms with Gasteiger partial charge in [-0.3, -0.25) is 4.90 Å². The Morgan fingerprint density at radius 1 is 1.41 bits per heavy atom. The molecule has 1 aliphatic heterocycles. The van der Waals surface area contributed by atoms with E-state index in [1.165, 1.54) is 12.0 Å². The van der Waals surface area contributed by atoms with Gasteiger partial charge in [0, 0.05) is 19.1 Å². The van der Waals surface area contributed by atoms with Crippen molar-refractivity contribution in [2.24, 2.45) is 11.7 Å². The first-order valence-electron chi connectivity index (χ1n) is 5.98. The minimum absolute atomic E-state index is 0.286. The number of nitrogens with two attached hydrogens (primary N) is 1. The molecule has 0 saturated carbocycles. The maximum Gasteiger partial charge on any atom is 0.0595 e. The molecule has 1 fully saturated rings. The largest absolute Gasteiger partial charge is 0.328 e. The van der Waals surface area contributed by atoms with E-state index in [9.17, 15) is 0 Å². The number of halogens is 2. The number of rotatable bonds is 3. The number of benzene rings is 1. The second-order valence-electron chi connectivity index (χ2n) is 4.89. The highest BCUT2D eigenvalue weighted by molar-refractivity contribution is 6.42. The average molecular weight is 273 g/mol. The molecule has 4 heteroatoms. The third-order valence-electron chi connectivity index (χ3n) is 3.44. The lowest BCUT2D eigenvalue weighted by Crippen LogP contribution is -2.29. The molecule has 2 unspecified atom stereocenters. The fourth-order valence-electron chi connectivity index (χ4n) is 2.33. The predicted molar refractivity (Wildman–Crippen MR) is 73.5 cm³/mol. The highest BCUT2D eigenvalue weighted by Crippen LogP contribution is 2.25. The zero-order valence-electron chi connectivity index (χ0n) is 10.00. The highest BCUT2D eigenvalue weighted by Gasteiger charge is 2.24. The maximum absolute atomic E-state index is 6.01. The van der Waals surface area contributed by atoms with E-state index in [0.717, 1.165) is 19.6 Å². The standard InChI is InChI=1S/C13H18Cl2N2/c1-9(16)11-4-5-17(8-11)7-10-2-3-12(14)13(15)6-10/h2-3,6,9,11H,4-5,7-8,16H2,1H3. The van der Waals surface area contributed by atoms with E-state index >= 15 is 0 Å². The molecule has 2 atom stereocenters. The zero-order valence-corrected chi connectivity index (χ0v) is 11.5. The van der Waals surface area contributed by atoms with Crippen LogP contribution in [-0.2, 0) is 6.54 Å². The van der Waals surface area contributed by atoms with Crippen molar-refractivity contribution in [3.8, 4) is 0 Å². The molecular formula is C13H18Cl2N2. The molecule has 17 heavy (non-hydrogen) atoms. The molecule has 1 heterocycles. The van der Waals surface area contributed by atoms with Crippen molar-refractivity contribution in [2.45, 2.75) is 25.9 Å². The summed E-state index contributed by atoms with van der Waals surface area (Å²) in [5.41, 5.74) is 7.14. The van der Waals surface area contributed by atoms with Crippen LogP contribution >= 0.6 is 23.2 Å². The van der Waals surface area contributed by atoms with E-state index < -0.39 is 0 Å². The molecule has 0 aliphatic carbocycles. The summed E-state index contributed by atoms with van der Waals surface area (Å²) in [5.74, 6) is 0.623. The van der Waals surface area contributed by atoms with Crippen LogP contribution in [0.15, 0.2) is 18.2 Å². The molecule has 1 aromatic carbocycles. The molecule has 1 aliphatic rings. The quantitative estimate of drug-likeness (QED) is 0.916. The van der Waals surface area contributed by atoms with Gasteiger partial charge in [-0.25, -0.2) is 0 Å². The third-order valence-corrected chi connectivity index (χ3v) is 4.18. The van der Waals surface area contributed by atoms with Crippen molar-refractivity contribution < 1.29 is 0 Å². The molecule has 2 rings (SSSR count). The number of likely N-dealkylation sites (tertiary alicyclic amines) is 1. The van der Waals surface area contributed by atoms with Crippen LogP contribution in [0.3, 0.4) is 0 Å². The Labute approximate surface area is 113 Å². The van der Waals surface area contributed by atoms with Crippen molar-refractivity contribution in [1.82, 2.24) is 4.90 Å². The molecule has 0 radical (unpaired) electrons. The second kappa shape index (κ2) is 5.57. The Hall–Kier alpha value is -0.280. The maximum atomic E-state index is 6.01. The van der Waals surface area contributed by atoms with Crippen LogP contribution in [0, 0.1) is 5.92 Å². The van der Waals surface area contributed by atoms with Crippen molar-refractivity contribution in [1.29, 1.82) is 0 Å². The average Bonchev–Trinajstić information content (AvgIpc) is 2.72. The summed E-state index contributed by atoms with van der Waals surface area (Å²) >= 11 is 11.9. The summed E-state index contributed by atoms with van der Waals surface area (Å²) in [5, 5.41) is 1.25. The second-order valence-corrected chi connectivity index (χ2v) is 5.71. The molecule has 0 bridgehead atoms. The van der Waals surface area contributed by atoms with E-state index in [0.29, 0.717) is 16.0 Å². The van der Waals surface area contributed by atoms with Crippen LogP contribution in [0.5, 0.6) is 0 Å². The first-order chi connectivity index (χ1) is 8.06. The minimum Gasteiger partial charge on any atom is -0.328 e. The SMILES string of the molecule is CC(N)C1CCN(Cc2ccc(Cl)c(Cl)c2)C1. The summed E-state index contributed by atoms with van der Waals surface area (Å²) < 4.78 is 0. The monoisotopic (exact) mass is 272 g/mol. The van der Waals surface area contributed by atoms with E-state index in [2.05, 4.69) is 11.8 Å². The van der Waals surface area contributed by atoms with Gasteiger partial charge in [-0.1, -0.05) is 29.3 Å². The fourth-order valence-corrected chi connectivity index (χ4v) is 2.65. The lowest BCUT2D eigenvalue weighted by molar-refractivity contribution is 0.308. The Morgan fingerprint density at radius 3 is 2.76 bits per heavy atom. The summed E-state index contributed by atoms with van der Waals surface area (Å²) in [7, 11) is 0. The van der Waals surface area contributed by atoms with Crippen LogP contribution in [0.1, 0.15) is 18.9 Å². The Kier molecular flexibility index (Phi) is 4.31. The summed E-state index contributed by atoms with van der Waals surface area (Å²) in [6, 6.07) is 6.13. The third kappa shape index (κ3) is 3.35. The van der Waals surface area contributed by atoms with E-state index in [-0.39, 0.29) is 6.04 Å². The predicted octanol–water partition coefficient (Wildman–Crippen LogP) is 3.16. The molecular weight excluding hydrogens is 255 g/mol. The highest BCUT2D eigenvalue weighted by atomic mass is 35.5. The summed E-state index contributed by atoms with van der Waals surface area (Å²) in [6.45, 7) is 5.22.